The summed E-state index contributed by atoms with van der Waals surface area (Å²) in [6, 6.07) is 13.9. The Hall–Kier alpha value is -3.01. The van der Waals surface area contributed by atoms with Crippen LogP contribution in [0.3, 0.4) is 0 Å². The molecular weight excluding hydrogens is 379 g/mol. The highest BCUT2D eigenvalue weighted by Gasteiger charge is 2.31. The number of carbonyl (C=O) groups excluding carboxylic acids is 1. The zero-order valence-corrected chi connectivity index (χ0v) is 15.8. The molecule has 0 aromatic heterocycles. The Kier molecular flexibility index (Phi) is 6.42. The smallest absolute Gasteiger partial charge is 0.385 e. The third-order valence-electron chi connectivity index (χ3n) is 5.22. The zero-order valence-electron chi connectivity index (χ0n) is 15.8. The topological polar surface area (TPSA) is 64.9 Å². The fourth-order valence-corrected chi connectivity index (χ4v) is 3.58. The molecule has 1 aliphatic carbocycles. The first kappa shape index (κ1) is 20.7. The zero-order chi connectivity index (χ0) is 20.9. The third kappa shape index (κ3) is 5.74. The van der Waals surface area contributed by atoms with E-state index < -0.39 is 17.6 Å². The van der Waals surface area contributed by atoms with Gasteiger partial charge in [0, 0.05) is 23.8 Å². The number of anilines is 1. The fraction of sp³-hybridized carbons (Fsp3) is 0.364. The molecule has 2 aromatic carbocycles. The lowest BCUT2D eigenvalue weighted by Crippen LogP contribution is -2.38. The quantitative estimate of drug-likeness (QED) is 0.743. The maximum absolute atomic E-state index is 12.8. The Bertz CT molecular complexity index is 897. The van der Waals surface area contributed by atoms with E-state index in [1.54, 1.807) is 12.1 Å². The van der Waals surface area contributed by atoms with E-state index in [0.29, 0.717) is 11.5 Å². The van der Waals surface area contributed by atoms with Crippen LogP contribution in [0.25, 0.3) is 0 Å². The number of nitriles is 1. The molecule has 1 saturated carbocycles. The van der Waals surface area contributed by atoms with Crippen LogP contribution in [-0.4, -0.2) is 18.5 Å². The Morgan fingerprint density at radius 3 is 2.48 bits per heavy atom. The number of nitrogens with one attached hydrogen (secondary N) is 2. The highest BCUT2D eigenvalue weighted by Crippen LogP contribution is 2.30. The van der Waals surface area contributed by atoms with Crippen LogP contribution in [0, 0.1) is 17.2 Å². The number of amides is 1. The second-order valence-electron chi connectivity index (χ2n) is 7.34. The van der Waals surface area contributed by atoms with Crippen LogP contribution in [0.5, 0.6) is 0 Å². The van der Waals surface area contributed by atoms with Gasteiger partial charge in [-0.15, -0.1) is 0 Å². The van der Waals surface area contributed by atoms with Crippen LogP contribution in [0.15, 0.2) is 48.5 Å². The van der Waals surface area contributed by atoms with Crippen molar-refractivity contribution in [1.82, 2.24) is 5.32 Å². The molecule has 0 bridgehead atoms. The van der Waals surface area contributed by atoms with Gasteiger partial charge in [0.05, 0.1) is 17.2 Å². The molecule has 1 aliphatic rings. The van der Waals surface area contributed by atoms with Crippen molar-refractivity contribution in [3.05, 3.63) is 65.2 Å². The lowest BCUT2D eigenvalue weighted by molar-refractivity contribution is -0.137. The molecule has 0 spiro atoms. The molecular formula is C22H22F3N3O. The summed E-state index contributed by atoms with van der Waals surface area (Å²) in [4.78, 5) is 12.3. The first-order valence-corrected chi connectivity index (χ1v) is 9.57. The molecule has 4 nitrogen and oxygen atoms in total. The summed E-state index contributed by atoms with van der Waals surface area (Å²) in [5, 5.41) is 15.2. The molecule has 1 fully saturated rings. The maximum atomic E-state index is 12.8. The molecule has 7 heteroatoms. The van der Waals surface area contributed by atoms with E-state index in [1.807, 2.05) is 12.1 Å². The van der Waals surface area contributed by atoms with Crippen molar-refractivity contribution in [2.24, 2.45) is 5.92 Å². The van der Waals surface area contributed by atoms with Gasteiger partial charge in [0.25, 0.3) is 5.91 Å². The second kappa shape index (κ2) is 8.99. The van der Waals surface area contributed by atoms with Gasteiger partial charge >= 0.3 is 6.18 Å². The van der Waals surface area contributed by atoms with E-state index in [1.165, 1.54) is 12.1 Å². The van der Waals surface area contributed by atoms with Crippen molar-refractivity contribution in [3.63, 3.8) is 0 Å². The van der Waals surface area contributed by atoms with Crippen LogP contribution in [0.4, 0.5) is 18.9 Å². The summed E-state index contributed by atoms with van der Waals surface area (Å²) in [7, 11) is 0. The van der Waals surface area contributed by atoms with Gasteiger partial charge in [-0.05, 0) is 68.0 Å². The lowest BCUT2D eigenvalue weighted by atomic mass is 9.86. The molecule has 0 unspecified atom stereocenters. The van der Waals surface area contributed by atoms with Crippen molar-refractivity contribution in [2.75, 3.05) is 11.9 Å². The Morgan fingerprint density at radius 1 is 1.07 bits per heavy atom. The fourth-order valence-electron chi connectivity index (χ4n) is 3.58. The van der Waals surface area contributed by atoms with E-state index in [2.05, 4.69) is 16.7 Å². The number of alkyl halides is 3. The predicted octanol–water partition coefficient (Wildman–Crippen LogP) is 4.98. The van der Waals surface area contributed by atoms with Gasteiger partial charge in [-0.2, -0.15) is 18.4 Å². The molecule has 0 atom stereocenters. The van der Waals surface area contributed by atoms with E-state index in [9.17, 15) is 18.0 Å². The lowest BCUT2D eigenvalue weighted by Gasteiger charge is -2.29. The minimum atomic E-state index is -4.46. The molecule has 0 heterocycles. The van der Waals surface area contributed by atoms with Gasteiger partial charge in [-0.25, -0.2) is 0 Å². The van der Waals surface area contributed by atoms with E-state index in [4.69, 9.17) is 5.26 Å². The summed E-state index contributed by atoms with van der Waals surface area (Å²) < 4.78 is 38.5. The van der Waals surface area contributed by atoms with Gasteiger partial charge in [0.1, 0.15) is 0 Å². The predicted molar refractivity (Wildman–Crippen MR) is 104 cm³/mol. The molecule has 3 rings (SSSR count). The van der Waals surface area contributed by atoms with Crippen LogP contribution in [0.1, 0.15) is 47.2 Å². The molecule has 0 saturated heterocycles. The van der Waals surface area contributed by atoms with Crippen LogP contribution in [0.2, 0.25) is 0 Å². The Balaban J connectivity index is 1.47. The highest BCUT2D eigenvalue weighted by atomic mass is 19.4. The monoisotopic (exact) mass is 401 g/mol. The summed E-state index contributed by atoms with van der Waals surface area (Å²) in [5.74, 6) is -0.0200. The van der Waals surface area contributed by atoms with Crippen molar-refractivity contribution < 1.29 is 18.0 Å². The molecule has 0 aliphatic heterocycles. The van der Waals surface area contributed by atoms with Gasteiger partial charge in [0.2, 0.25) is 0 Å². The number of carbonyl (C=O) groups is 1. The van der Waals surface area contributed by atoms with Crippen molar-refractivity contribution in [3.8, 4) is 6.07 Å². The summed E-state index contributed by atoms with van der Waals surface area (Å²) in [6.07, 6.45) is -1.06. The number of halogens is 3. The normalized spacial score (nSPS) is 19.2. The van der Waals surface area contributed by atoms with Crippen molar-refractivity contribution in [2.45, 2.75) is 37.9 Å². The second-order valence-corrected chi connectivity index (χ2v) is 7.34. The minimum absolute atomic E-state index is 0.0287. The average molecular weight is 401 g/mol. The summed E-state index contributed by atoms with van der Waals surface area (Å²) in [5.41, 5.74) is 0.724. The molecule has 2 N–H and O–H groups in total. The highest BCUT2D eigenvalue weighted by molar-refractivity contribution is 5.94. The molecule has 29 heavy (non-hydrogen) atoms. The standard InChI is InChI=1S/C22H22F3N3O/c23-22(24,25)18-5-2-4-17(12-18)21(29)28-19-9-7-15(8-10-19)14-27-20-6-1-3-16(11-20)13-26/h1-6,11-12,15,19,27H,7-10,14H2,(H,28,29). The number of benzene rings is 2. The number of hydrogen-bond acceptors (Lipinski definition) is 3. The first-order chi connectivity index (χ1) is 13.8. The summed E-state index contributed by atoms with van der Waals surface area (Å²) >= 11 is 0. The molecule has 2 aromatic rings. The Morgan fingerprint density at radius 2 is 1.79 bits per heavy atom. The SMILES string of the molecule is N#Cc1cccc(NCC2CCC(NC(=O)c3cccc(C(F)(F)F)c3)CC2)c1. The van der Waals surface area contributed by atoms with E-state index in [0.717, 1.165) is 50.0 Å². The van der Waals surface area contributed by atoms with E-state index >= 15 is 0 Å². The molecule has 1 amide bonds. The average Bonchev–Trinajstić information content (AvgIpc) is 2.73. The molecule has 152 valence electrons. The van der Waals surface area contributed by atoms with Gasteiger partial charge < -0.3 is 10.6 Å². The number of nitrogens with zero attached hydrogens (tertiary/aromatic N) is 1. The largest absolute Gasteiger partial charge is 0.416 e. The van der Waals surface area contributed by atoms with Crippen LogP contribution in [-0.2, 0) is 6.18 Å². The van der Waals surface area contributed by atoms with Crippen molar-refractivity contribution >= 4 is 11.6 Å². The minimum Gasteiger partial charge on any atom is -0.385 e. The maximum Gasteiger partial charge on any atom is 0.416 e. The number of rotatable bonds is 5. The van der Waals surface area contributed by atoms with Crippen LogP contribution >= 0.6 is 0 Å². The number of hydrogen-bond donors (Lipinski definition) is 2. The third-order valence-corrected chi connectivity index (χ3v) is 5.22. The van der Waals surface area contributed by atoms with Gasteiger partial charge in [0.15, 0.2) is 0 Å². The van der Waals surface area contributed by atoms with Gasteiger partial charge in [-0.3, -0.25) is 4.79 Å². The Labute approximate surface area is 167 Å². The van der Waals surface area contributed by atoms with Crippen molar-refractivity contribution in [1.29, 1.82) is 5.26 Å². The summed E-state index contributed by atoms with van der Waals surface area (Å²) in [6.45, 7) is 0.781. The molecule has 0 radical (unpaired) electrons. The van der Waals surface area contributed by atoms with Crippen LogP contribution < -0.4 is 10.6 Å². The van der Waals surface area contributed by atoms with Gasteiger partial charge in [-0.1, -0.05) is 12.1 Å². The van der Waals surface area contributed by atoms with E-state index in [-0.39, 0.29) is 11.6 Å². The first-order valence-electron chi connectivity index (χ1n) is 9.57.